The van der Waals surface area contributed by atoms with Crippen LogP contribution in [-0.2, 0) is 4.74 Å². The van der Waals surface area contributed by atoms with Gasteiger partial charge in [-0.1, -0.05) is 50.3 Å². The summed E-state index contributed by atoms with van der Waals surface area (Å²) >= 11 is 0. The Morgan fingerprint density at radius 1 is 1.31 bits per heavy atom. The van der Waals surface area contributed by atoms with Gasteiger partial charge in [0.2, 0.25) is 0 Å². The van der Waals surface area contributed by atoms with Crippen molar-refractivity contribution in [3.05, 3.63) is 47.6 Å². The summed E-state index contributed by atoms with van der Waals surface area (Å²) in [6, 6.07) is 0. The van der Waals surface area contributed by atoms with Gasteiger partial charge in [-0.25, -0.2) is 0 Å². The van der Waals surface area contributed by atoms with Crippen molar-refractivity contribution in [3.8, 4) is 0 Å². The van der Waals surface area contributed by atoms with Gasteiger partial charge in [0.15, 0.2) is 0 Å². The molecule has 3 heteroatoms. The predicted octanol–water partition coefficient (Wildman–Crippen LogP) is 5.36. The van der Waals surface area contributed by atoms with Gasteiger partial charge in [0.25, 0.3) is 0 Å². The number of hydrogen-bond donors (Lipinski definition) is 2. The molecule has 6 atom stereocenters. The molecule has 0 heterocycles. The molecule has 0 spiro atoms. The van der Waals surface area contributed by atoms with Gasteiger partial charge >= 0.3 is 0 Å². The molecular weight excluding hydrogens is 360 g/mol. The van der Waals surface area contributed by atoms with Gasteiger partial charge in [-0.05, 0) is 79.8 Å². The fourth-order valence-electron chi connectivity index (χ4n) is 6.21. The van der Waals surface area contributed by atoms with Crippen molar-refractivity contribution in [3.63, 3.8) is 0 Å². The Morgan fingerprint density at radius 3 is 2.79 bits per heavy atom. The first-order valence-electron chi connectivity index (χ1n) is 11.4. The highest BCUT2D eigenvalue weighted by molar-refractivity contribution is 5.38. The highest BCUT2D eigenvalue weighted by Gasteiger charge is 2.50. The second-order valence-corrected chi connectivity index (χ2v) is 10.1. The van der Waals surface area contributed by atoms with Crippen molar-refractivity contribution in [2.45, 2.75) is 77.9 Å². The van der Waals surface area contributed by atoms with Gasteiger partial charge in [-0.3, -0.25) is 0 Å². The molecule has 3 nitrogen and oxygen atoms in total. The van der Waals surface area contributed by atoms with E-state index in [4.69, 9.17) is 4.74 Å². The summed E-state index contributed by atoms with van der Waals surface area (Å²) in [5.74, 6) is 1.89. The lowest BCUT2D eigenvalue weighted by molar-refractivity contribution is 0.0413. The molecule has 3 rings (SSSR count). The molecule has 2 N–H and O–H groups in total. The molecule has 0 aromatic rings. The van der Waals surface area contributed by atoms with E-state index < -0.39 is 12.2 Å². The lowest BCUT2D eigenvalue weighted by atomic mass is 9.61. The SMILES string of the molecule is C=C(C)COC[C@@H](C)[C@H]1CC[C@H]2C(=CC=C3C[C@@H](O)C[C@H](O)C3=C)CCC[C@]12C. The van der Waals surface area contributed by atoms with Gasteiger partial charge in [-0.15, -0.1) is 0 Å². The van der Waals surface area contributed by atoms with E-state index in [1.54, 1.807) is 5.57 Å². The van der Waals surface area contributed by atoms with E-state index in [-0.39, 0.29) is 0 Å². The molecule has 0 saturated heterocycles. The van der Waals surface area contributed by atoms with Crippen LogP contribution in [0, 0.1) is 23.2 Å². The highest BCUT2D eigenvalue weighted by atomic mass is 16.5. The molecule has 0 unspecified atom stereocenters. The van der Waals surface area contributed by atoms with Crippen LogP contribution in [0.2, 0.25) is 0 Å². The zero-order valence-electron chi connectivity index (χ0n) is 18.6. The third kappa shape index (κ3) is 4.95. The molecule has 0 radical (unpaired) electrons. The zero-order chi connectivity index (χ0) is 21.2. The third-order valence-corrected chi connectivity index (χ3v) is 7.72. The number of allylic oxidation sites excluding steroid dienone is 3. The molecule has 0 amide bonds. The number of ether oxygens (including phenoxy) is 1. The lowest BCUT2D eigenvalue weighted by Gasteiger charge is -2.44. The van der Waals surface area contributed by atoms with Crippen LogP contribution in [0.5, 0.6) is 0 Å². The number of aliphatic hydroxyl groups excluding tert-OH is 2. The van der Waals surface area contributed by atoms with Gasteiger partial charge in [0.1, 0.15) is 0 Å². The van der Waals surface area contributed by atoms with Crippen LogP contribution < -0.4 is 0 Å². The second kappa shape index (κ2) is 9.32. The van der Waals surface area contributed by atoms with Crippen LogP contribution in [0.1, 0.15) is 65.7 Å². The largest absolute Gasteiger partial charge is 0.393 e. The summed E-state index contributed by atoms with van der Waals surface area (Å²) in [4.78, 5) is 0. The maximum absolute atomic E-state index is 10.1. The monoisotopic (exact) mass is 400 g/mol. The average Bonchev–Trinajstić information content (AvgIpc) is 3.00. The Hall–Kier alpha value is -1.16. The van der Waals surface area contributed by atoms with E-state index in [2.05, 4.69) is 39.2 Å². The first kappa shape index (κ1) is 22.5. The first-order chi connectivity index (χ1) is 13.7. The fraction of sp³-hybridized carbons (Fsp3) is 0.692. The Bertz CT molecular complexity index is 688. The van der Waals surface area contributed by atoms with Crippen LogP contribution in [0.25, 0.3) is 0 Å². The van der Waals surface area contributed by atoms with E-state index in [9.17, 15) is 10.2 Å². The molecule has 3 fully saturated rings. The third-order valence-electron chi connectivity index (χ3n) is 7.72. The maximum atomic E-state index is 10.1. The molecule has 0 aromatic heterocycles. The molecule has 0 aromatic carbocycles. The van der Waals surface area contributed by atoms with Gasteiger partial charge in [0, 0.05) is 13.0 Å². The molecular formula is C26H40O3. The van der Waals surface area contributed by atoms with Crippen LogP contribution in [0.4, 0.5) is 0 Å². The van der Waals surface area contributed by atoms with Gasteiger partial charge in [0.05, 0.1) is 18.8 Å². The second-order valence-electron chi connectivity index (χ2n) is 10.1. The standard InChI is InChI=1S/C26H40O3/c1-17(2)15-29-16-18(3)23-10-11-24-20(7-6-12-26(23,24)5)8-9-21-13-22(27)14-25(28)19(21)4/h8-9,18,22-25,27-28H,1,4,6-7,10-16H2,2-3,5H3/t18-,22-,23-,24+,25+,26-/m1/s1. The van der Waals surface area contributed by atoms with E-state index in [0.717, 1.165) is 29.7 Å². The van der Waals surface area contributed by atoms with Crippen molar-refractivity contribution in [2.75, 3.05) is 13.2 Å². The topological polar surface area (TPSA) is 49.7 Å². The molecule has 29 heavy (non-hydrogen) atoms. The first-order valence-corrected chi connectivity index (χ1v) is 11.4. The van der Waals surface area contributed by atoms with Crippen molar-refractivity contribution < 1.29 is 14.9 Å². The Labute approximate surface area is 177 Å². The van der Waals surface area contributed by atoms with E-state index in [0.29, 0.717) is 42.6 Å². The van der Waals surface area contributed by atoms with Crippen molar-refractivity contribution in [1.82, 2.24) is 0 Å². The normalized spacial score (nSPS) is 39.0. The number of fused-ring (bicyclic) bond motifs is 1. The van der Waals surface area contributed by atoms with Crippen molar-refractivity contribution >= 4 is 0 Å². The van der Waals surface area contributed by atoms with Crippen molar-refractivity contribution in [2.24, 2.45) is 23.2 Å². The number of rotatable bonds is 6. The maximum Gasteiger partial charge on any atom is 0.0811 e. The molecule has 3 saturated carbocycles. The summed E-state index contributed by atoms with van der Waals surface area (Å²) in [6.45, 7) is 16.3. The minimum Gasteiger partial charge on any atom is -0.393 e. The molecule has 3 aliphatic carbocycles. The van der Waals surface area contributed by atoms with E-state index in [1.807, 2.05) is 6.92 Å². The van der Waals surface area contributed by atoms with Crippen molar-refractivity contribution in [1.29, 1.82) is 0 Å². The Morgan fingerprint density at radius 2 is 2.07 bits per heavy atom. The van der Waals surface area contributed by atoms with Gasteiger partial charge in [-0.2, -0.15) is 0 Å². The Kier molecular flexibility index (Phi) is 7.24. The van der Waals surface area contributed by atoms with Gasteiger partial charge < -0.3 is 14.9 Å². The zero-order valence-corrected chi connectivity index (χ0v) is 18.6. The summed E-state index contributed by atoms with van der Waals surface area (Å²) in [5, 5.41) is 20.1. The van der Waals surface area contributed by atoms with E-state index in [1.165, 1.54) is 25.7 Å². The Balaban J connectivity index is 1.72. The average molecular weight is 401 g/mol. The fourth-order valence-corrected chi connectivity index (χ4v) is 6.21. The summed E-state index contributed by atoms with van der Waals surface area (Å²) < 4.78 is 5.90. The van der Waals surface area contributed by atoms with Crippen LogP contribution in [0.3, 0.4) is 0 Å². The molecule has 0 bridgehead atoms. The minimum absolute atomic E-state index is 0.344. The summed E-state index contributed by atoms with van der Waals surface area (Å²) in [5.41, 5.74) is 4.76. The minimum atomic E-state index is -0.615. The summed E-state index contributed by atoms with van der Waals surface area (Å²) in [7, 11) is 0. The van der Waals surface area contributed by atoms with E-state index >= 15 is 0 Å². The number of hydrogen-bond acceptors (Lipinski definition) is 3. The van der Waals surface area contributed by atoms with Crippen LogP contribution in [-0.4, -0.2) is 35.6 Å². The molecule has 162 valence electrons. The molecule has 0 aliphatic heterocycles. The quantitative estimate of drug-likeness (QED) is 0.590. The lowest BCUT2D eigenvalue weighted by Crippen LogP contribution is -2.37. The predicted molar refractivity (Wildman–Crippen MR) is 120 cm³/mol. The van der Waals surface area contributed by atoms with Crippen LogP contribution >= 0.6 is 0 Å². The highest BCUT2D eigenvalue weighted by Crippen LogP contribution is 2.59. The molecule has 3 aliphatic rings. The smallest absolute Gasteiger partial charge is 0.0811 e. The summed E-state index contributed by atoms with van der Waals surface area (Å²) in [6.07, 6.45) is 10.6. The number of aliphatic hydroxyl groups is 2. The van der Waals surface area contributed by atoms with Crippen LogP contribution in [0.15, 0.2) is 47.6 Å².